The lowest BCUT2D eigenvalue weighted by molar-refractivity contribution is 0.741. The van der Waals surface area contributed by atoms with E-state index < -0.39 is 0 Å². The lowest BCUT2D eigenvalue weighted by Gasteiger charge is -2.10. The summed E-state index contributed by atoms with van der Waals surface area (Å²) in [4.78, 5) is 8.43. The molecular weight excluding hydrogens is 188 g/mol. The molecule has 0 spiro atoms. The largest absolute Gasteiger partial charge is 0.383 e. The van der Waals surface area contributed by atoms with E-state index in [1.807, 2.05) is 13.8 Å². The summed E-state index contributed by atoms with van der Waals surface area (Å²) in [7, 11) is 0. The topological polar surface area (TPSA) is 63.8 Å². The molecule has 4 nitrogen and oxygen atoms in total. The first-order valence-electron chi connectivity index (χ1n) is 5.49. The molecule has 4 heteroatoms. The lowest BCUT2D eigenvalue weighted by atomic mass is 10.2. The highest BCUT2D eigenvalue weighted by atomic mass is 15.0. The van der Waals surface area contributed by atoms with Gasteiger partial charge >= 0.3 is 0 Å². The molecule has 0 bridgehead atoms. The van der Waals surface area contributed by atoms with Gasteiger partial charge in [0, 0.05) is 12.1 Å². The van der Waals surface area contributed by atoms with Crippen molar-refractivity contribution in [2.24, 2.45) is 0 Å². The minimum Gasteiger partial charge on any atom is -0.383 e. The second-order valence-corrected chi connectivity index (χ2v) is 3.76. The fourth-order valence-electron chi connectivity index (χ4n) is 1.40. The van der Waals surface area contributed by atoms with Crippen molar-refractivity contribution in [2.75, 3.05) is 17.6 Å². The van der Waals surface area contributed by atoms with Gasteiger partial charge in [-0.2, -0.15) is 0 Å². The Balaban J connectivity index is 2.60. The van der Waals surface area contributed by atoms with Gasteiger partial charge in [-0.25, -0.2) is 9.97 Å². The minimum absolute atomic E-state index is 0.570. The van der Waals surface area contributed by atoms with Crippen molar-refractivity contribution in [3.8, 4) is 0 Å². The van der Waals surface area contributed by atoms with Gasteiger partial charge in [-0.3, -0.25) is 0 Å². The average molecular weight is 208 g/mol. The maximum atomic E-state index is 5.76. The first-order valence-corrected chi connectivity index (χ1v) is 5.49. The Bertz CT molecular complexity index is 323. The fraction of sp³-hybridized carbons (Fsp3) is 0.636. The Labute approximate surface area is 91.3 Å². The molecule has 0 aliphatic heterocycles. The number of aromatic nitrogens is 2. The van der Waals surface area contributed by atoms with Crippen molar-refractivity contribution < 1.29 is 0 Å². The standard InChI is InChI=1S/C11H20N4/c1-4-5-6-7-13-11-8(2)10(12)14-9(3)15-11/h4-7H2,1-3H3,(H3,12,13,14,15). The van der Waals surface area contributed by atoms with Gasteiger partial charge in [-0.15, -0.1) is 0 Å². The van der Waals surface area contributed by atoms with Crippen LogP contribution in [0.2, 0.25) is 0 Å². The van der Waals surface area contributed by atoms with Gasteiger partial charge in [0.2, 0.25) is 0 Å². The number of nitrogens with zero attached hydrogens (tertiary/aromatic N) is 2. The Morgan fingerprint density at radius 2 is 1.93 bits per heavy atom. The molecule has 15 heavy (non-hydrogen) atoms. The van der Waals surface area contributed by atoms with E-state index in [2.05, 4.69) is 22.2 Å². The number of nitrogens with two attached hydrogens (primary N) is 1. The summed E-state index contributed by atoms with van der Waals surface area (Å²) in [6.07, 6.45) is 3.64. The lowest BCUT2D eigenvalue weighted by Crippen LogP contribution is -2.09. The second kappa shape index (κ2) is 5.53. The molecule has 0 aliphatic rings. The highest BCUT2D eigenvalue weighted by molar-refractivity contribution is 5.54. The van der Waals surface area contributed by atoms with Crippen LogP contribution in [-0.2, 0) is 0 Å². The van der Waals surface area contributed by atoms with E-state index in [-0.39, 0.29) is 0 Å². The van der Waals surface area contributed by atoms with Crippen LogP contribution >= 0.6 is 0 Å². The molecule has 0 saturated carbocycles. The quantitative estimate of drug-likeness (QED) is 0.729. The van der Waals surface area contributed by atoms with Gasteiger partial charge in [0.15, 0.2) is 0 Å². The number of rotatable bonds is 5. The van der Waals surface area contributed by atoms with Crippen LogP contribution in [0.1, 0.15) is 37.6 Å². The molecular formula is C11H20N4. The molecule has 0 unspecified atom stereocenters. The van der Waals surface area contributed by atoms with E-state index in [1.54, 1.807) is 0 Å². The van der Waals surface area contributed by atoms with Gasteiger partial charge in [-0.1, -0.05) is 19.8 Å². The van der Waals surface area contributed by atoms with E-state index >= 15 is 0 Å². The summed E-state index contributed by atoms with van der Waals surface area (Å²) < 4.78 is 0. The summed E-state index contributed by atoms with van der Waals surface area (Å²) in [5.41, 5.74) is 6.70. The van der Waals surface area contributed by atoms with Crippen molar-refractivity contribution >= 4 is 11.6 Å². The predicted octanol–water partition coefficient (Wildman–Crippen LogP) is 2.28. The third kappa shape index (κ3) is 3.38. The summed E-state index contributed by atoms with van der Waals surface area (Å²) in [6.45, 7) is 6.94. The SMILES string of the molecule is CCCCCNc1nc(C)nc(N)c1C. The smallest absolute Gasteiger partial charge is 0.134 e. The third-order valence-electron chi connectivity index (χ3n) is 2.37. The summed E-state index contributed by atoms with van der Waals surface area (Å²) in [5, 5.41) is 3.30. The van der Waals surface area contributed by atoms with E-state index in [4.69, 9.17) is 5.73 Å². The van der Waals surface area contributed by atoms with Crippen LogP contribution in [0.25, 0.3) is 0 Å². The number of unbranched alkanes of at least 4 members (excludes halogenated alkanes) is 2. The normalized spacial score (nSPS) is 10.3. The molecule has 3 N–H and O–H groups in total. The molecule has 1 aromatic rings. The zero-order chi connectivity index (χ0) is 11.3. The number of nitrogen functional groups attached to an aromatic ring is 1. The Morgan fingerprint density at radius 3 is 2.60 bits per heavy atom. The van der Waals surface area contributed by atoms with Crippen LogP contribution in [-0.4, -0.2) is 16.5 Å². The van der Waals surface area contributed by atoms with E-state index in [1.165, 1.54) is 19.3 Å². The first kappa shape index (κ1) is 11.8. The van der Waals surface area contributed by atoms with Crippen molar-refractivity contribution in [1.82, 2.24) is 9.97 Å². The van der Waals surface area contributed by atoms with Gasteiger partial charge in [-0.05, 0) is 20.3 Å². The van der Waals surface area contributed by atoms with Gasteiger partial charge in [0.1, 0.15) is 17.5 Å². The molecule has 1 rings (SSSR count). The predicted molar refractivity (Wildman–Crippen MR) is 63.9 cm³/mol. The number of aryl methyl sites for hydroxylation is 1. The number of hydrogen-bond donors (Lipinski definition) is 2. The molecule has 0 amide bonds. The summed E-state index contributed by atoms with van der Waals surface area (Å²) >= 11 is 0. The monoisotopic (exact) mass is 208 g/mol. The molecule has 1 aromatic heterocycles. The van der Waals surface area contributed by atoms with E-state index in [0.717, 1.165) is 23.8 Å². The first-order chi connectivity index (χ1) is 7.15. The van der Waals surface area contributed by atoms with Crippen LogP contribution in [0.5, 0.6) is 0 Å². The van der Waals surface area contributed by atoms with Crippen molar-refractivity contribution in [1.29, 1.82) is 0 Å². The van der Waals surface area contributed by atoms with Gasteiger partial charge in [0.05, 0.1) is 0 Å². The molecule has 0 aliphatic carbocycles. The highest BCUT2D eigenvalue weighted by Crippen LogP contribution is 2.16. The average Bonchev–Trinajstić information content (AvgIpc) is 2.19. The summed E-state index contributed by atoms with van der Waals surface area (Å²) in [6, 6.07) is 0. The molecule has 0 atom stereocenters. The van der Waals surface area contributed by atoms with Crippen molar-refractivity contribution in [2.45, 2.75) is 40.0 Å². The fourth-order valence-corrected chi connectivity index (χ4v) is 1.40. The number of anilines is 2. The molecule has 1 heterocycles. The van der Waals surface area contributed by atoms with Crippen LogP contribution in [0.15, 0.2) is 0 Å². The van der Waals surface area contributed by atoms with E-state index in [0.29, 0.717) is 5.82 Å². The summed E-state index contributed by atoms with van der Waals surface area (Å²) in [5.74, 6) is 2.16. The second-order valence-electron chi connectivity index (χ2n) is 3.76. The van der Waals surface area contributed by atoms with Crippen molar-refractivity contribution in [3.63, 3.8) is 0 Å². The highest BCUT2D eigenvalue weighted by Gasteiger charge is 2.05. The van der Waals surface area contributed by atoms with Crippen LogP contribution in [0.4, 0.5) is 11.6 Å². The molecule has 84 valence electrons. The Morgan fingerprint density at radius 1 is 1.20 bits per heavy atom. The van der Waals surface area contributed by atoms with Crippen molar-refractivity contribution in [3.05, 3.63) is 11.4 Å². The number of hydrogen-bond acceptors (Lipinski definition) is 4. The Hall–Kier alpha value is -1.32. The zero-order valence-corrected chi connectivity index (χ0v) is 9.80. The molecule has 0 saturated heterocycles. The maximum Gasteiger partial charge on any atom is 0.134 e. The van der Waals surface area contributed by atoms with Crippen LogP contribution < -0.4 is 11.1 Å². The number of nitrogens with one attached hydrogen (secondary N) is 1. The van der Waals surface area contributed by atoms with Crippen LogP contribution in [0, 0.1) is 13.8 Å². The molecule has 0 radical (unpaired) electrons. The van der Waals surface area contributed by atoms with Gasteiger partial charge < -0.3 is 11.1 Å². The van der Waals surface area contributed by atoms with E-state index in [9.17, 15) is 0 Å². The third-order valence-corrected chi connectivity index (χ3v) is 2.37. The zero-order valence-electron chi connectivity index (χ0n) is 9.80. The van der Waals surface area contributed by atoms with Crippen LogP contribution in [0.3, 0.4) is 0 Å². The Kier molecular flexibility index (Phi) is 4.34. The van der Waals surface area contributed by atoms with Gasteiger partial charge in [0.25, 0.3) is 0 Å². The minimum atomic E-state index is 0.570. The maximum absolute atomic E-state index is 5.76. The molecule has 0 aromatic carbocycles. The molecule has 0 fully saturated rings.